The first-order chi connectivity index (χ1) is 10.0. The Morgan fingerprint density at radius 2 is 2.29 bits per heavy atom. The largest absolute Gasteiger partial charge is 0.497 e. The van der Waals surface area contributed by atoms with Crippen molar-refractivity contribution in [3.05, 3.63) is 28.8 Å². The lowest BCUT2D eigenvalue weighted by atomic mass is 10.1. The van der Waals surface area contributed by atoms with Gasteiger partial charge >= 0.3 is 5.97 Å². The average Bonchev–Trinajstić information content (AvgIpc) is 2.49. The Labute approximate surface area is 127 Å². The van der Waals surface area contributed by atoms with Crippen LogP contribution in [0.1, 0.15) is 5.56 Å². The van der Waals surface area contributed by atoms with Crippen molar-refractivity contribution in [2.75, 3.05) is 26.8 Å². The highest BCUT2D eigenvalue weighted by Crippen LogP contribution is 2.23. The minimum atomic E-state index is -1.06. The van der Waals surface area contributed by atoms with Crippen LogP contribution in [0.2, 0.25) is 5.02 Å². The minimum absolute atomic E-state index is 0.0575. The summed E-state index contributed by atoms with van der Waals surface area (Å²) in [5, 5.41) is 9.38. The molecule has 1 aliphatic heterocycles. The molecule has 21 heavy (non-hydrogen) atoms. The van der Waals surface area contributed by atoms with Crippen molar-refractivity contribution in [2.45, 2.75) is 12.5 Å². The number of benzene rings is 1. The van der Waals surface area contributed by atoms with E-state index in [0.29, 0.717) is 22.9 Å². The molecule has 1 saturated heterocycles. The molecule has 0 spiro atoms. The number of halogens is 1. The van der Waals surface area contributed by atoms with Gasteiger partial charge in [-0.1, -0.05) is 17.7 Å². The van der Waals surface area contributed by atoms with E-state index in [1.54, 1.807) is 18.2 Å². The Hall–Kier alpha value is -1.79. The molecule has 1 aliphatic rings. The number of amides is 1. The number of methoxy groups -OCH3 is 1. The minimum Gasteiger partial charge on any atom is -0.497 e. The Morgan fingerprint density at radius 3 is 2.90 bits per heavy atom. The monoisotopic (exact) mass is 313 g/mol. The van der Waals surface area contributed by atoms with E-state index in [2.05, 4.69) is 0 Å². The van der Waals surface area contributed by atoms with E-state index in [9.17, 15) is 9.59 Å². The number of hydrogen-bond donors (Lipinski definition) is 1. The maximum Gasteiger partial charge on any atom is 0.334 e. The average molecular weight is 314 g/mol. The number of ether oxygens (including phenoxy) is 2. The number of carboxylic acid groups (broad SMARTS) is 1. The SMILES string of the molecule is COc1ccc(CC(=O)N2CCOC(C(=O)O)C2)c(Cl)c1. The lowest BCUT2D eigenvalue weighted by molar-refractivity contribution is -0.159. The van der Waals surface area contributed by atoms with E-state index in [-0.39, 0.29) is 25.5 Å². The first-order valence-electron chi connectivity index (χ1n) is 6.46. The topological polar surface area (TPSA) is 76.1 Å². The van der Waals surface area contributed by atoms with Gasteiger partial charge in [-0.2, -0.15) is 0 Å². The number of carbonyl (C=O) groups excluding carboxylic acids is 1. The summed E-state index contributed by atoms with van der Waals surface area (Å²) in [6.07, 6.45) is -0.844. The summed E-state index contributed by atoms with van der Waals surface area (Å²) in [5.74, 6) is -0.611. The third kappa shape index (κ3) is 3.86. The molecule has 1 aromatic rings. The second kappa shape index (κ2) is 6.78. The van der Waals surface area contributed by atoms with Crippen LogP contribution in [0.3, 0.4) is 0 Å². The molecule has 6 nitrogen and oxygen atoms in total. The summed E-state index contributed by atoms with van der Waals surface area (Å²) >= 11 is 6.10. The lowest BCUT2D eigenvalue weighted by Crippen LogP contribution is -2.49. The number of morpholine rings is 1. The lowest BCUT2D eigenvalue weighted by Gasteiger charge is -2.31. The van der Waals surface area contributed by atoms with Gasteiger partial charge in [0, 0.05) is 11.6 Å². The molecule has 1 atom stereocenters. The van der Waals surface area contributed by atoms with E-state index < -0.39 is 12.1 Å². The van der Waals surface area contributed by atoms with Crippen molar-refractivity contribution < 1.29 is 24.2 Å². The summed E-state index contributed by atoms with van der Waals surface area (Å²) in [5.41, 5.74) is 0.681. The molecule has 0 aliphatic carbocycles. The van der Waals surface area contributed by atoms with Gasteiger partial charge in [-0.25, -0.2) is 4.79 Å². The summed E-state index contributed by atoms with van der Waals surface area (Å²) in [7, 11) is 1.54. The van der Waals surface area contributed by atoms with Gasteiger partial charge in [-0.15, -0.1) is 0 Å². The normalized spacial score (nSPS) is 18.4. The van der Waals surface area contributed by atoms with Crippen molar-refractivity contribution >= 4 is 23.5 Å². The molecule has 0 aromatic heterocycles. The van der Waals surface area contributed by atoms with E-state index in [0.717, 1.165) is 0 Å². The predicted octanol–water partition coefficient (Wildman–Crippen LogP) is 1.20. The third-order valence-electron chi connectivity index (χ3n) is 3.30. The molecular formula is C14H16ClNO5. The van der Waals surface area contributed by atoms with Crippen molar-refractivity contribution in [2.24, 2.45) is 0 Å². The fraction of sp³-hybridized carbons (Fsp3) is 0.429. The summed E-state index contributed by atoms with van der Waals surface area (Å²) in [4.78, 5) is 24.6. The molecule has 1 heterocycles. The summed E-state index contributed by atoms with van der Waals surface area (Å²) < 4.78 is 10.1. The van der Waals surface area contributed by atoms with Gasteiger partial charge in [0.15, 0.2) is 6.10 Å². The van der Waals surface area contributed by atoms with E-state index in [1.807, 2.05) is 0 Å². The standard InChI is InChI=1S/C14H16ClNO5/c1-20-10-3-2-9(11(15)7-10)6-13(17)16-4-5-21-12(8-16)14(18)19/h2-3,7,12H,4-6,8H2,1H3,(H,18,19). The number of carbonyl (C=O) groups is 2. The van der Waals surface area contributed by atoms with E-state index in [4.69, 9.17) is 26.2 Å². The third-order valence-corrected chi connectivity index (χ3v) is 3.65. The number of hydrogen-bond acceptors (Lipinski definition) is 4. The molecule has 1 unspecified atom stereocenters. The molecule has 1 amide bonds. The molecule has 2 rings (SSSR count). The molecule has 0 radical (unpaired) electrons. The number of carboxylic acids is 1. The maximum atomic E-state index is 12.2. The molecule has 1 aromatic carbocycles. The van der Waals surface area contributed by atoms with Crippen LogP contribution in [0.5, 0.6) is 5.75 Å². The first-order valence-corrected chi connectivity index (χ1v) is 6.83. The fourth-order valence-corrected chi connectivity index (χ4v) is 2.34. The molecule has 114 valence electrons. The van der Waals surface area contributed by atoms with Crippen molar-refractivity contribution in [3.8, 4) is 5.75 Å². The number of aliphatic carboxylic acids is 1. The van der Waals surface area contributed by atoms with Gasteiger partial charge < -0.3 is 19.5 Å². The molecule has 0 bridgehead atoms. The summed E-state index contributed by atoms with van der Waals surface area (Å²) in [6, 6.07) is 5.10. The zero-order chi connectivity index (χ0) is 15.4. The van der Waals surface area contributed by atoms with Crippen LogP contribution < -0.4 is 4.74 Å². The summed E-state index contributed by atoms with van der Waals surface area (Å²) in [6.45, 7) is 0.664. The quantitative estimate of drug-likeness (QED) is 0.904. The van der Waals surface area contributed by atoms with Crippen LogP contribution in [0, 0.1) is 0 Å². The van der Waals surface area contributed by atoms with Crippen molar-refractivity contribution in [1.82, 2.24) is 4.90 Å². The van der Waals surface area contributed by atoms with Gasteiger partial charge in [0.1, 0.15) is 5.75 Å². The second-order valence-corrected chi connectivity index (χ2v) is 5.08. The Bertz CT molecular complexity index is 548. The highest BCUT2D eigenvalue weighted by molar-refractivity contribution is 6.31. The fourth-order valence-electron chi connectivity index (χ4n) is 2.10. The molecular weight excluding hydrogens is 298 g/mol. The van der Waals surface area contributed by atoms with Crippen LogP contribution in [0.25, 0.3) is 0 Å². The maximum absolute atomic E-state index is 12.2. The Balaban J connectivity index is 2.02. The Morgan fingerprint density at radius 1 is 1.52 bits per heavy atom. The molecule has 0 saturated carbocycles. The molecule has 7 heteroatoms. The second-order valence-electron chi connectivity index (χ2n) is 4.67. The van der Waals surface area contributed by atoms with Gasteiger partial charge in [0.2, 0.25) is 5.91 Å². The molecule has 1 fully saturated rings. The van der Waals surface area contributed by atoms with Crippen LogP contribution in [0.15, 0.2) is 18.2 Å². The van der Waals surface area contributed by atoms with Crippen LogP contribution in [0.4, 0.5) is 0 Å². The highest BCUT2D eigenvalue weighted by Gasteiger charge is 2.29. The van der Waals surface area contributed by atoms with Crippen LogP contribution in [-0.2, 0) is 20.7 Å². The van der Waals surface area contributed by atoms with Gasteiger partial charge in [-0.05, 0) is 17.7 Å². The van der Waals surface area contributed by atoms with Gasteiger partial charge in [0.05, 0.1) is 26.7 Å². The molecule has 1 N–H and O–H groups in total. The smallest absolute Gasteiger partial charge is 0.334 e. The number of rotatable bonds is 4. The zero-order valence-electron chi connectivity index (χ0n) is 11.5. The predicted molar refractivity (Wildman–Crippen MR) is 75.7 cm³/mol. The van der Waals surface area contributed by atoms with Crippen molar-refractivity contribution in [3.63, 3.8) is 0 Å². The zero-order valence-corrected chi connectivity index (χ0v) is 12.3. The van der Waals surface area contributed by atoms with E-state index >= 15 is 0 Å². The van der Waals surface area contributed by atoms with Gasteiger partial charge in [0.25, 0.3) is 0 Å². The van der Waals surface area contributed by atoms with Crippen LogP contribution >= 0.6 is 11.6 Å². The van der Waals surface area contributed by atoms with Crippen molar-refractivity contribution in [1.29, 1.82) is 0 Å². The van der Waals surface area contributed by atoms with Crippen LogP contribution in [-0.4, -0.2) is 54.8 Å². The first kappa shape index (κ1) is 15.6. The Kier molecular flexibility index (Phi) is 5.03. The van der Waals surface area contributed by atoms with Gasteiger partial charge in [-0.3, -0.25) is 4.79 Å². The van der Waals surface area contributed by atoms with E-state index in [1.165, 1.54) is 12.0 Å². The number of nitrogens with zero attached hydrogens (tertiary/aromatic N) is 1. The highest BCUT2D eigenvalue weighted by atomic mass is 35.5.